The third-order valence-electron chi connectivity index (χ3n) is 3.08. The summed E-state index contributed by atoms with van der Waals surface area (Å²) in [6.45, 7) is 0. The fourth-order valence-electron chi connectivity index (χ4n) is 2.10. The van der Waals surface area contributed by atoms with E-state index in [1.54, 1.807) is 36.4 Å². The van der Waals surface area contributed by atoms with E-state index in [0.717, 1.165) is 5.56 Å². The Balaban J connectivity index is 2.29. The summed E-state index contributed by atoms with van der Waals surface area (Å²) in [5.74, 6) is -0.314. The number of aromatic nitrogens is 1. The Bertz CT molecular complexity index is 806. The van der Waals surface area contributed by atoms with Gasteiger partial charge in [0.2, 0.25) is 0 Å². The van der Waals surface area contributed by atoms with E-state index in [1.165, 1.54) is 12.1 Å². The maximum absolute atomic E-state index is 12.9. The molecule has 0 saturated heterocycles. The first-order valence-electron chi connectivity index (χ1n) is 5.82. The molecule has 1 heterocycles. The predicted octanol–water partition coefficient (Wildman–Crippen LogP) is 2.92. The highest BCUT2D eigenvalue weighted by atomic mass is 19.1. The number of hydrogen-bond donors (Lipinski definition) is 2. The molecular formula is C15H11FN2O. The number of benzene rings is 2. The van der Waals surface area contributed by atoms with Gasteiger partial charge in [0.05, 0.1) is 0 Å². The van der Waals surface area contributed by atoms with E-state index in [-0.39, 0.29) is 11.4 Å². The lowest BCUT2D eigenvalue weighted by molar-refractivity contribution is 0.628. The molecule has 0 radical (unpaired) electrons. The van der Waals surface area contributed by atoms with E-state index in [2.05, 4.69) is 4.98 Å². The molecule has 0 atom stereocenters. The first-order chi connectivity index (χ1) is 9.15. The van der Waals surface area contributed by atoms with Gasteiger partial charge in [-0.3, -0.25) is 4.79 Å². The summed E-state index contributed by atoms with van der Waals surface area (Å²) in [4.78, 5) is 14.8. The number of hydrogen-bond acceptors (Lipinski definition) is 2. The second kappa shape index (κ2) is 4.24. The number of aromatic amines is 1. The van der Waals surface area contributed by atoms with Crippen molar-refractivity contribution >= 4 is 16.5 Å². The molecule has 19 heavy (non-hydrogen) atoms. The van der Waals surface area contributed by atoms with Gasteiger partial charge < -0.3 is 10.7 Å². The van der Waals surface area contributed by atoms with Crippen LogP contribution in [0, 0.1) is 5.82 Å². The highest BCUT2D eigenvalue weighted by molar-refractivity contribution is 5.94. The topological polar surface area (TPSA) is 58.9 Å². The molecule has 3 nitrogen and oxygen atoms in total. The van der Waals surface area contributed by atoms with Gasteiger partial charge in [-0.05, 0) is 48.0 Å². The Labute approximate surface area is 108 Å². The van der Waals surface area contributed by atoms with E-state index in [1.807, 2.05) is 0 Å². The van der Waals surface area contributed by atoms with E-state index < -0.39 is 0 Å². The van der Waals surface area contributed by atoms with Crippen LogP contribution < -0.4 is 11.3 Å². The number of rotatable bonds is 1. The summed E-state index contributed by atoms with van der Waals surface area (Å²) in [5, 5.41) is 1.25. The van der Waals surface area contributed by atoms with Crippen LogP contribution in [0.2, 0.25) is 0 Å². The van der Waals surface area contributed by atoms with Gasteiger partial charge >= 0.3 is 0 Å². The van der Waals surface area contributed by atoms with E-state index in [4.69, 9.17) is 5.73 Å². The van der Waals surface area contributed by atoms with Crippen LogP contribution in [0.3, 0.4) is 0 Å². The zero-order chi connectivity index (χ0) is 13.4. The van der Waals surface area contributed by atoms with Crippen molar-refractivity contribution in [1.82, 2.24) is 4.98 Å². The molecule has 0 amide bonds. The van der Waals surface area contributed by atoms with Gasteiger partial charge in [0.15, 0.2) is 0 Å². The molecule has 0 spiro atoms. The Morgan fingerprint density at radius 3 is 2.47 bits per heavy atom. The van der Waals surface area contributed by atoms with Gasteiger partial charge in [-0.2, -0.15) is 0 Å². The van der Waals surface area contributed by atoms with Crippen LogP contribution in [0.1, 0.15) is 0 Å². The van der Waals surface area contributed by atoms with Crippen molar-refractivity contribution in [2.24, 2.45) is 0 Å². The van der Waals surface area contributed by atoms with Gasteiger partial charge in [-0.25, -0.2) is 4.39 Å². The smallest absolute Gasteiger partial charge is 0.256 e. The number of fused-ring (bicyclic) bond motifs is 1. The van der Waals surface area contributed by atoms with E-state index >= 15 is 0 Å². The van der Waals surface area contributed by atoms with Crippen molar-refractivity contribution in [2.45, 2.75) is 0 Å². The molecule has 3 N–H and O–H groups in total. The standard InChI is InChI=1S/C15H11FN2O/c16-10-6-4-9(5-7-10)14-8-12-11(15(19)18-14)2-1-3-13(12)17/h1-8H,17H2,(H,18,19). The first-order valence-corrected chi connectivity index (χ1v) is 5.82. The van der Waals surface area contributed by atoms with Crippen molar-refractivity contribution in [2.75, 3.05) is 5.73 Å². The summed E-state index contributed by atoms with van der Waals surface area (Å²) < 4.78 is 12.9. The quantitative estimate of drug-likeness (QED) is 0.656. The number of H-pyrrole nitrogens is 1. The van der Waals surface area contributed by atoms with E-state index in [0.29, 0.717) is 22.2 Å². The van der Waals surface area contributed by atoms with Crippen LogP contribution in [0.5, 0.6) is 0 Å². The predicted molar refractivity (Wildman–Crippen MR) is 74.4 cm³/mol. The molecule has 1 aromatic heterocycles. The summed E-state index contributed by atoms with van der Waals surface area (Å²) in [6, 6.07) is 13.0. The van der Waals surface area contributed by atoms with E-state index in [9.17, 15) is 9.18 Å². The first kappa shape index (κ1) is 11.5. The van der Waals surface area contributed by atoms with Crippen molar-refractivity contribution in [3.63, 3.8) is 0 Å². The molecule has 0 aliphatic carbocycles. The Morgan fingerprint density at radius 2 is 1.74 bits per heavy atom. The summed E-state index contributed by atoms with van der Waals surface area (Å²) in [7, 11) is 0. The average Bonchev–Trinajstić information content (AvgIpc) is 2.41. The number of anilines is 1. The molecule has 0 aliphatic rings. The lowest BCUT2D eigenvalue weighted by Gasteiger charge is -2.06. The number of nitrogens with one attached hydrogen (secondary N) is 1. The normalized spacial score (nSPS) is 10.8. The SMILES string of the molecule is Nc1cccc2c(=O)[nH]c(-c3ccc(F)cc3)cc12. The van der Waals surface area contributed by atoms with Crippen molar-refractivity contribution in [3.8, 4) is 11.3 Å². The molecule has 0 fully saturated rings. The molecule has 0 saturated carbocycles. The summed E-state index contributed by atoms with van der Waals surface area (Å²) in [5.41, 5.74) is 7.59. The maximum Gasteiger partial charge on any atom is 0.256 e. The molecule has 4 heteroatoms. The van der Waals surface area contributed by atoms with Gasteiger partial charge in [0.25, 0.3) is 5.56 Å². The molecule has 0 unspecified atom stereocenters. The molecule has 3 aromatic rings. The molecule has 0 aliphatic heterocycles. The third kappa shape index (κ3) is 1.97. The van der Waals surface area contributed by atoms with Crippen molar-refractivity contribution < 1.29 is 4.39 Å². The van der Waals surface area contributed by atoms with Crippen LogP contribution in [0.4, 0.5) is 10.1 Å². The van der Waals surface area contributed by atoms with Crippen LogP contribution in [0.15, 0.2) is 53.3 Å². The maximum atomic E-state index is 12.9. The Kier molecular flexibility index (Phi) is 2.56. The molecule has 0 bridgehead atoms. The lowest BCUT2D eigenvalue weighted by Crippen LogP contribution is -2.08. The highest BCUT2D eigenvalue weighted by Crippen LogP contribution is 2.23. The Morgan fingerprint density at radius 1 is 1.00 bits per heavy atom. The zero-order valence-corrected chi connectivity index (χ0v) is 9.98. The van der Waals surface area contributed by atoms with Gasteiger partial charge in [0, 0.05) is 22.2 Å². The van der Waals surface area contributed by atoms with Crippen LogP contribution in [-0.4, -0.2) is 4.98 Å². The fraction of sp³-hybridized carbons (Fsp3) is 0. The molecule has 3 rings (SSSR count). The van der Waals surface area contributed by atoms with Crippen molar-refractivity contribution in [1.29, 1.82) is 0 Å². The van der Waals surface area contributed by atoms with Gasteiger partial charge in [0.1, 0.15) is 5.82 Å². The zero-order valence-electron chi connectivity index (χ0n) is 9.98. The van der Waals surface area contributed by atoms with Crippen LogP contribution >= 0.6 is 0 Å². The molecular weight excluding hydrogens is 243 g/mol. The van der Waals surface area contributed by atoms with Gasteiger partial charge in [-0.15, -0.1) is 0 Å². The van der Waals surface area contributed by atoms with Crippen molar-refractivity contribution in [3.05, 3.63) is 64.7 Å². The fourth-order valence-corrected chi connectivity index (χ4v) is 2.10. The second-order valence-electron chi connectivity index (χ2n) is 4.33. The number of pyridine rings is 1. The summed E-state index contributed by atoms with van der Waals surface area (Å²) >= 11 is 0. The summed E-state index contributed by atoms with van der Waals surface area (Å²) in [6.07, 6.45) is 0. The number of halogens is 1. The number of nitrogens with two attached hydrogens (primary N) is 1. The average molecular weight is 254 g/mol. The van der Waals surface area contributed by atoms with Crippen LogP contribution in [0.25, 0.3) is 22.0 Å². The minimum Gasteiger partial charge on any atom is -0.398 e. The monoisotopic (exact) mass is 254 g/mol. The minimum absolute atomic E-state index is 0.205. The van der Waals surface area contributed by atoms with Gasteiger partial charge in [-0.1, -0.05) is 6.07 Å². The molecule has 2 aromatic carbocycles. The molecule has 94 valence electrons. The number of nitrogen functional groups attached to an aromatic ring is 1. The Hall–Kier alpha value is -2.62. The highest BCUT2D eigenvalue weighted by Gasteiger charge is 2.06. The largest absolute Gasteiger partial charge is 0.398 e. The third-order valence-corrected chi connectivity index (χ3v) is 3.08. The minimum atomic E-state index is -0.314. The second-order valence-corrected chi connectivity index (χ2v) is 4.33. The lowest BCUT2D eigenvalue weighted by atomic mass is 10.1. The van der Waals surface area contributed by atoms with Crippen LogP contribution in [-0.2, 0) is 0 Å².